The topological polar surface area (TPSA) is 21.3 Å². The number of nitrogens with one attached hydrogen (secondary N) is 1. The average molecular weight is 206 g/mol. The molecule has 0 unspecified atom stereocenters. The highest BCUT2D eigenvalue weighted by atomic mass is 19.2. The van der Waals surface area contributed by atoms with Crippen LogP contribution >= 0.6 is 0 Å². The quantitative estimate of drug-likeness (QED) is 0.739. The Balaban J connectivity index is 2.46. The van der Waals surface area contributed by atoms with Gasteiger partial charge in [-0.3, -0.25) is 0 Å². The zero-order chi connectivity index (χ0) is 12.8. The third-order valence-corrected chi connectivity index (χ3v) is 1.73. The van der Waals surface area contributed by atoms with Crippen molar-refractivity contribution in [3.05, 3.63) is 29.5 Å². The van der Waals surface area contributed by atoms with Crippen LogP contribution in [0.15, 0.2) is 12.1 Å². The first-order valence-corrected chi connectivity index (χ1v) is 3.89. The van der Waals surface area contributed by atoms with Crippen molar-refractivity contribution < 1.29 is 22.0 Å². The monoisotopic (exact) mass is 206 g/mol. The van der Waals surface area contributed by atoms with Crippen LogP contribution in [0.2, 0.25) is 0 Å². The first-order valence-electron chi connectivity index (χ1n) is 5.39. The van der Waals surface area contributed by atoms with Crippen molar-refractivity contribution >= 4 is 0 Å². The lowest BCUT2D eigenvalue weighted by Gasteiger charge is -2.27. The van der Waals surface area contributed by atoms with Gasteiger partial charge >= 0.3 is 0 Å². The van der Waals surface area contributed by atoms with Gasteiger partial charge in [-0.15, -0.1) is 0 Å². The molecule has 0 aliphatic carbocycles. The van der Waals surface area contributed by atoms with Crippen LogP contribution in [-0.2, 0) is 0 Å². The minimum Gasteiger partial charge on any atom is -0.484 e. The van der Waals surface area contributed by atoms with Crippen molar-refractivity contribution in [3.8, 4) is 5.75 Å². The summed E-state index contributed by atoms with van der Waals surface area (Å²) in [6, 6.07) is -2.36. The molecule has 0 spiro atoms. The molecule has 0 aromatic heterocycles. The summed E-state index contributed by atoms with van der Waals surface area (Å²) >= 11 is 0. The van der Waals surface area contributed by atoms with E-state index in [2.05, 4.69) is 5.32 Å². The lowest BCUT2D eigenvalue weighted by Crippen LogP contribution is -2.50. The normalized spacial score (nSPS) is 21.8. The van der Waals surface area contributed by atoms with Gasteiger partial charge in [-0.2, -0.15) is 4.39 Å². The molecule has 0 amide bonds. The van der Waals surface area contributed by atoms with Gasteiger partial charge in [0, 0.05) is 25.2 Å². The lowest BCUT2D eigenvalue weighted by molar-refractivity contribution is 0.134. The van der Waals surface area contributed by atoms with Crippen molar-refractivity contribution in [1.82, 2.24) is 5.32 Å². The Labute approximate surface area is 82.9 Å². The zero-order valence-corrected chi connectivity index (χ0v) is 6.96. The number of benzene rings is 1. The smallest absolute Gasteiger partial charge is 0.200 e. The van der Waals surface area contributed by atoms with Crippen LogP contribution in [0, 0.1) is 17.5 Å². The summed E-state index contributed by atoms with van der Waals surface area (Å²) in [7, 11) is 0. The second-order valence-electron chi connectivity index (χ2n) is 2.77. The van der Waals surface area contributed by atoms with E-state index in [-0.39, 0.29) is 13.1 Å². The molecular formula is C9H8F3NO. The van der Waals surface area contributed by atoms with Gasteiger partial charge in [-0.1, -0.05) is 0 Å². The number of hydrogen-bond acceptors (Lipinski definition) is 2. The predicted octanol–water partition coefficient (Wildman–Crippen LogP) is 1.45. The van der Waals surface area contributed by atoms with Gasteiger partial charge in [-0.05, 0) is 0 Å². The van der Waals surface area contributed by atoms with E-state index in [0.29, 0.717) is 0 Å². The van der Waals surface area contributed by atoms with E-state index in [1.807, 2.05) is 0 Å². The number of rotatable bonds is 2. The fourth-order valence-electron chi connectivity index (χ4n) is 0.951. The van der Waals surface area contributed by atoms with E-state index in [4.69, 9.17) is 8.85 Å². The maximum atomic E-state index is 13.4. The molecule has 1 aromatic rings. The Morgan fingerprint density at radius 2 is 2.14 bits per heavy atom. The number of ether oxygens (including phenoxy) is 1. The van der Waals surface area contributed by atoms with Gasteiger partial charge in [0.25, 0.3) is 0 Å². The maximum Gasteiger partial charge on any atom is 0.200 e. The molecular weight excluding hydrogens is 195 g/mol. The molecule has 1 heterocycles. The van der Waals surface area contributed by atoms with Gasteiger partial charge in [-0.25, -0.2) is 8.78 Å². The minimum absolute atomic E-state index is 0.0672. The van der Waals surface area contributed by atoms with E-state index >= 15 is 0 Å². The molecule has 2 rings (SSSR count). The Hall–Kier alpha value is -1.23. The fraction of sp³-hybridized carbons (Fsp3) is 0.333. The molecule has 0 radical (unpaired) electrons. The average Bonchev–Trinajstić information content (AvgIpc) is 2.27. The Morgan fingerprint density at radius 1 is 1.43 bits per heavy atom. The van der Waals surface area contributed by atoms with Crippen LogP contribution in [0.25, 0.3) is 0 Å². The molecule has 0 atom stereocenters. The molecule has 2 nitrogen and oxygen atoms in total. The molecule has 1 aliphatic heterocycles. The molecule has 1 saturated heterocycles. The van der Waals surface area contributed by atoms with E-state index in [9.17, 15) is 13.2 Å². The molecule has 76 valence electrons. The second-order valence-corrected chi connectivity index (χ2v) is 2.77. The molecule has 0 bridgehead atoms. The van der Waals surface area contributed by atoms with E-state index in [1.54, 1.807) is 0 Å². The summed E-state index contributed by atoms with van der Waals surface area (Å²) in [6.45, 7) is 0.134. The molecule has 0 saturated carbocycles. The maximum absolute atomic E-state index is 13.4. The van der Waals surface area contributed by atoms with Gasteiger partial charge in [0.15, 0.2) is 11.6 Å². The zero-order valence-electron chi connectivity index (χ0n) is 9.96. The number of hydrogen-bond donors (Lipinski definition) is 1. The second kappa shape index (κ2) is 3.49. The summed E-state index contributed by atoms with van der Waals surface area (Å²) in [5, 5.41) is 2.68. The lowest BCUT2D eigenvalue weighted by atomic mass is 10.2. The van der Waals surface area contributed by atoms with Crippen molar-refractivity contribution in [1.29, 1.82) is 0 Å². The Morgan fingerprint density at radius 3 is 2.71 bits per heavy atom. The molecule has 5 heteroatoms. The first kappa shape index (κ1) is 6.29. The number of halogens is 3. The third-order valence-electron chi connectivity index (χ3n) is 1.73. The van der Waals surface area contributed by atoms with Crippen LogP contribution in [-0.4, -0.2) is 19.2 Å². The summed E-state index contributed by atoms with van der Waals surface area (Å²) in [4.78, 5) is 0. The van der Waals surface area contributed by atoms with Gasteiger partial charge in [0.2, 0.25) is 5.82 Å². The van der Waals surface area contributed by atoms with Crippen molar-refractivity contribution in [2.75, 3.05) is 13.1 Å². The van der Waals surface area contributed by atoms with Crippen LogP contribution < -0.4 is 10.1 Å². The summed E-state index contributed by atoms with van der Waals surface area (Å²) in [5.41, 5.74) is 0. The molecule has 1 fully saturated rings. The Kier molecular flexibility index (Phi) is 1.57. The van der Waals surface area contributed by atoms with Crippen molar-refractivity contribution in [3.63, 3.8) is 0 Å². The predicted molar refractivity (Wildman–Crippen MR) is 43.6 cm³/mol. The molecule has 1 N–H and O–H groups in total. The van der Waals surface area contributed by atoms with Crippen LogP contribution in [0.1, 0.15) is 4.11 Å². The van der Waals surface area contributed by atoms with E-state index in [0.717, 1.165) is 0 Å². The van der Waals surface area contributed by atoms with E-state index < -0.39 is 41.4 Å². The van der Waals surface area contributed by atoms with Crippen molar-refractivity contribution in [2.24, 2.45) is 0 Å². The first-order chi connectivity index (χ1) is 7.86. The standard InChI is InChI=1S/C9H8F3NO/c10-5-1-7(11)9(12)8(2-5)14-6-3-13-4-6/h1-2,6,13H,3-4H2/i1D,2D,6D. The highest BCUT2D eigenvalue weighted by Gasteiger charge is 2.21. The van der Waals surface area contributed by atoms with Crippen LogP contribution in [0.3, 0.4) is 0 Å². The largest absolute Gasteiger partial charge is 0.484 e. The highest BCUT2D eigenvalue weighted by molar-refractivity contribution is 5.26. The van der Waals surface area contributed by atoms with Gasteiger partial charge in [0.1, 0.15) is 11.9 Å². The minimum atomic E-state index is -1.72. The van der Waals surface area contributed by atoms with Crippen LogP contribution in [0.4, 0.5) is 13.2 Å². The molecule has 1 aliphatic rings. The summed E-state index contributed by atoms with van der Waals surface area (Å²) in [6.07, 6.45) is -1.53. The summed E-state index contributed by atoms with van der Waals surface area (Å²) in [5.74, 6) is -5.80. The SMILES string of the molecule is [2H]c1c(F)c([2H])c(OC2([2H])CNC2)c(F)c1F. The Bertz CT molecular complexity index is 450. The van der Waals surface area contributed by atoms with Gasteiger partial charge < -0.3 is 10.1 Å². The van der Waals surface area contributed by atoms with Crippen molar-refractivity contribution in [2.45, 2.75) is 6.08 Å². The van der Waals surface area contributed by atoms with Crippen LogP contribution in [0.5, 0.6) is 5.75 Å². The third kappa shape index (κ3) is 1.68. The van der Waals surface area contributed by atoms with E-state index in [1.165, 1.54) is 0 Å². The molecule has 1 aromatic carbocycles. The molecule has 14 heavy (non-hydrogen) atoms. The highest BCUT2D eigenvalue weighted by Crippen LogP contribution is 2.23. The van der Waals surface area contributed by atoms with Gasteiger partial charge in [0.05, 0.1) is 4.11 Å². The fourth-order valence-corrected chi connectivity index (χ4v) is 0.951. The summed E-state index contributed by atoms with van der Waals surface area (Å²) < 4.78 is 66.1.